The van der Waals surface area contributed by atoms with Gasteiger partial charge in [0, 0.05) is 17.6 Å². The van der Waals surface area contributed by atoms with Crippen molar-refractivity contribution in [3.63, 3.8) is 0 Å². The smallest absolute Gasteiger partial charge is 0.412 e. The van der Waals surface area contributed by atoms with Crippen molar-refractivity contribution in [1.29, 1.82) is 0 Å². The highest BCUT2D eigenvalue weighted by atomic mass is 19.1. The lowest BCUT2D eigenvalue weighted by Crippen LogP contribution is -2.27. The van der Waals surface area contributed by atoms with Gasteiger partial charge in [-0.25, -0.2) is 9.18 Å². The third-order valence-electron chi connectivity index (χ3n) is 2.61. The monoisotopic (exact) mass is 295 g/mol. The summed E-state index contributed by atoms with van der Waals surface area (Å²) in [5.41, 5.74) is -0.174. The van der Waals surface area contributed by atoms with Crippen LogP contribution in [0.1, 0.15) is 20.8 Å². The third-order valence-corrected chi connectivity index (χ3v) is 2.61. The van der Waals surface area contributed by atoms with Crippen LogP contribution in [0.3, 0.4) is 0 Å². The second kappa shape index (κ2) is 5.69. The van der Waals surface area contributed by atoms with Crippen LogP contribution in [0.2, 0.25) is 0 Å². The first-order chi connectivity index (χ1) is 9.78. The zero-order valence-electron chi connectivity index (χ0n) is 12.2. The number of halogens is 1. The minimum Gasteiger partial charge on any atom is -0.444 e. The van der Waals surface area contributed by atoms with E-state index in [2.05, 4.69) is 10.4 Å². The molecule has 0 saturated carbocycles. The molecule has 2 aromatic rings. The number of carbonyl (C=O) groups excluding carboxylic acids is 1. The minimum absolute atomic E-state index is 0.0281. The number of aliphatic hydroxyl groups is 1. The number of benzene rings is 1. The first kappa shape index (κ1) is 15.2. The average Bonchev–Trinajstić information content (AvgIpc) is 2.69. The number of anilines is 1. The largest absolute Gasteiger partial charge is 0.444 e. The average molecular weight is 295 g/mol. The molecule has 7 heteroatoms. The fraction of sp³-hybridized carbons (Fsp3) is 0.429. The van der Waals surface area contributed by atoms with E-state index in [1.54, 1.807) is 27.0 Å². The predicted octanol–water partition coefficient (Wildman–Crippen LogP) is 2.51. The van der Waals surface area contributed by atoms with E-state index in [4.69, 9.17) is 9.84 Å². The number of nitrogens with zero attached hydrogens (tertiary/aromatic N) is 2. The number of ether oxygens (including phenoxy) is 1. The topological polar surface area (TPSA) is 76.4 Å². The lowest BCUT2D eigenvalue weighted by molar-refractivity contribution is 0.0635. The van der Waals surface area contributed by atoms with Gasteiger partial charge >= 0.3 is 6.09 Å². The molecule has 1 amide bonds. The molecule has 0 aliphatic carbocycles. The van der Waals surface area contributed by atoms with Crippen LogP contribution in [0.15, 0.2) is 18.3 Å². The SMILES string of the molecule is CC(C)(C)OC(=O)Nc1cc2cn(CCO)nc2cc1F. The Kier molecular flexibility index (Phi) is 4.13. The molecular weight excluding hydrogens is 277 g/mol. The van der Waals surface area contributed by atoms with Crippen molar-refractivity contribution >= 4 is 22.7 Å². The van der Waals surface area contributed by atoms with Crippen molar-refractivity contribution in [2.45, 2.75) is 32.9 Å². The highest BCUT2D eigenvalue weighted by molar-refractivity contribution is 5.90. The van der Waals surface area contributed by atoms with Crippen molar-refractivity contribution in [3.05, 3.63) is 24.1 Å². The van der Waals surface area contributed by atoms with Gasteiger partial charge in [0.2, 0.25) is 0 Å². The molecule has 0 bridgehead atoms. The second-order valence-electron chi connectivity index (χ2n) is 5.63. The maximum absolute atomic E-state index is 13.9. The van der Waals surface area contributed by atoms with E-state index >= 15 is 0 Å². The number of aromatic nitrogens is 2. The zero-order chi connectivity index (χ0) is 15.6. The first-order valence-corrected chi connectivity index (χ1v) is 6.56. The van der Waals surface area contributed by atoms with E-state index in [1.807, 2.05) is 0 Å². The normalized spacial score (nSPS) is 11.7. The molecule has 0 spiro atoms. The van der Waals surface area contributed by atoms with E-state index in [-0.39, 0.29) is 12.3 Å². The summed E-state index contributed by atoms with van der Waals surface area (Å²) in [5.74, 6) is -0.595. The van der Waals surface area contributed by atoms with Gasteiger partial charge in [-0.2, -0.15) is 5.10 Å². The number of hydrogen-bond acceptors (Lipinski definition) is 4. The number of aliphatic hydroxyl groups excluding tert-OH is 1. The molecule has 6 nitrogen and oxygen atoms in total. The van der Waals surface area contributed by atoms with E-state index in [0.717, 1.165) is 0 Å². The van der Waals surface area contributed by atoms with Crippen LogP contribution in [0, 0.1) is 5.82 Å². The summed E-state index contributed by atoms with van der Waals surface area (Å²) in [6.45, 7) is 5.45. The Labute approximate surface area is 121 Å². The molecule has 114 valence electrons. The van der Waals surface area contributed by atoms with Crippen LogP contribution in [0.25, 0.3) is 10.9 Å². The number of rotatable bonds is 3. The fourth-order valence-corrected chi connectivity index (χ4v) is 1.82. The van der Waals surface area contributed by atoms with Crippen LogP contribution in [0.5, 0.6) is 0 Å². The Bertz CT molecular complexity index is 661. The first-order valence-electron chi connectivity index (χ1n) is 6.56. The predicted molar refractivity (Wildman–Crippen MR) is 76.6 cm³/mol. The van der Waals surface area contributed by atoms with Crippen molar-refractivity contribution in [2.24, 2.45) is 0 Å². The maximum atomic E-state index is 13.9. The van der Waals surface area contributed by atoms with Crippen LogP contribution < -0.4 is 5.32 Å². The summed E-state index contributed by atoms with van der Waals surface area (Å²) in [5, 5.41) is 16.0. The van der Waals surface area contributed by atoms with Crippen LogP contribution >= 0.6 is 0 Å². The quantitative estimate of drug-likeness (QED) is 0.912. The molecule has 1 aromatic heterocycles. The van der Waals surface area contributed by atoms with Crippen LogP contribution in [-0.2, 0) is 11.3 Å². The second-order valence-corrected chi connectivity index (χ2v) is 5.63. The van der Waals surface area contributed by atoms with E-state index in [0.29, 0.717) is 17.4 Å². The van der Waals surface area contributed by atoms with Gasteiger partial charge < -0.3 is 9.84 Å². The van der Waals surface area contributed by atoms with Crippen LogP contribution in [0.4, 0.5) is 14.9 Å². The summed E-state index contributed by atoms with van der Waals surface area (Å²) in [6, 6.07) is 2.71. The lowest BCUT2D eigenvalue weighted by atomic mass is 10.2. The van der Waals surface area contributed by atoms with Gasteiger partial charge in [-0.05, 0) is 26.8 Å². The van der Waals surface area contributed by atoms with Gasteiger partial charge in [-0.1, -0.05) is 0 Å². The number of nitrogens with one attached hydrogen (secondary N) is 1. The van der Waals surface area contributed by atoms with E-state index in [1.165, 1.54) is 16.8 Å². The van der Waals surface area contributed by atoms with Crippen LogP contribution in [-0.4, -0.2) is 33.2 Å². The Morgan fingerprint density at radius 3 is 2.81 bits per heavy atom. The molecule has 0 saturated heterocycles. The van der Waals surface area contributed by atoms with Crippen molar-refractivity contribution < 1.29 is 19.0 Å². The Morgan fingerprint density at radius 1 is 1.48 bits per heavy atom. The van der Waals surface area contributed by atoms with E-state index in [9.17, 15) is 9.18 Å². The van der Waals surface area contributed by atoms with Gasteiger partial charge in [-0.3, -0.25) is 10.00 Å². The highest BCUT2D eigenvalue weighted by Crippen LogP contribution is 2.23. The van der Waals surface area contributed by atoms with Crippen molar-refractivity contribution in [1.82, 2.24) is 9.78 Å². The van der Waals surface area contributed by atoms with Gasteiger partial charge in [0.05, 0.1) is 24.4 Å². The molecule has 0 aliphatic heterocycles. The molecule has 0 radical (unpaired) electrons. The Balaban J connectivity index is 2.23. The third kappa shape index (κ3) is 3.91. The van der Waals surface area contributed by atoms with Crippen molar-refractivity contribution in [2.75, 3.05) is 11.9 Å². The highest BCUT2D eigenvalue weighted by Gasteiger charge is 2.18. The summed E-state index contributed by atoms with van der Waals surface area (Å²) >= 11 is 0. The lowest BCUT2D eigenvalue weighted by Gasteiger charge is -2.19. The maximum Gasteiger partial charge on any atom is 0.412 e. The molecule has 2 N–H and O–H groups in total. The molecule has 0 atom stereocenters. The van der Waals surface area contributed by atoms with Gasteiger partial charge in [0.1, 0.15) is 11.4 Å². The van der Waals surface area contributed by atoms with Gasteiger partial charge in [0.15, 0.2) is 0 Å². The fourth-order valence-electron chi connectivity index (χ4n) is 1.82. The van der Waals surface area contributed by atoms with Crippen molar-refractivity contribution in [3.8, 4) is 0 Å². The molecule has 2 rings (SSSR count). The zero-order valence-corrected chi connectivity index (χ0v) is 12.2. The number of fused-ring (bicyclic) bond motifs is 1. The molecule has 1 aromatic carbocycles. The summed E-state index contributed by atoms with van der Waals surface area (Å²) in [7, 11) is 0. The molecule has 1 heterocycles. The summed E-state index contributed by atoms with van der Waals surface area (Å²) in [4.78, 5) is 11.7. The molecule has 0 aliphatic rings. The molecule has 0 unspecified atom stereocenters. The van der Waals surface area contributed by atoms with Gasteiger partial charge in [-0.15, -0.1) is 0 Å². The van der Waals surface area contributed by atoms with E-state index < -0.39 is 17.5 Å². The molecular formula is C14H18FN3O3. The minimum atomic E-state index is -0.719. The molecule has 21 heavy (non-hydrogen) atoms. The summed E-state index contributed by atoms with van der Waals surface area (Å²) in [6.07, 6.45) is 0.953. The Hall–Kier alpha value is -2.15. The summed E-state index contributed by atoms with van der Waals surface area (Å²) < 4.78 is 20.5. The number of amides is 1. The van der Waals surface area contributed by atoms with Gasteiger partial charge in [0.25, 0.3) is 0 Å². The Morgan fingerprint density at radius 2 is 2.19 bits per heavy atom. The molecule has 0 fully saturated rings. The number of carbonyl (C=O) groups is 1. The standard InChI is InChI=1S/C14H18FN3O3/c1-14(2,3)21-13(20)16-12-6-9-8-18(4-5-19)17-11(9)7-10(12)15/h6-8,19H,4-5H2,1-3H3,(H,16,20). The number of hydrogen-bond donors (Lipinski definition) is 2.